The van der Waals surface area contributed by atoms with Crippen LogP contribution in [0.15, 0.2) is 30.5 Å². The SMILES string of the molecule is CCNC(c1ccc(C)c(F)c1F)c1ncccc1C. The third-order valence-corrected chi connectivity index (χ3v) is 3.35. The molecule has 0 radical (unpaired) electrons. The van der Waals surface area contributed by atoms with E-state index in [0.29, 0.717) is 12.1 Å². The van der Waals surface area contributed by atoms with E-state index in [2.05, 4.69) is 10.3 Å². The Kier molecular flexibility index (Phi) is 4.45. The summed E-state index contributed by atoms with van der Waals surface area (Å²) in [5.41, 5.74) is 2.26. The van der Waals surface area contributed by atoms with Gasteiger partial charge in [-0.2, -0.15) is 0 Å². The summed E-state index contributed by atoms with van der Waals surface area (Å²) < 4.78 is 28.0. The number of pyridine rings is 1. The molecule has 106 valence electrons. The highest BCUT2D eigenvalue weighted by molar-refractivity contribution is 5.35. The van der Waals surface area contributed by atoms with Gasteiger partial charge in [-0.15, -0.1) is 0 Å². The van der Waals surface area contributed by atoms with Gasteiger partial charge in [0.1, 0.15) is 0 Å². The number of aromatic nitrogens is 1. The zero-order chi connectivity index (χ0) is 14.7. The monoisotopic (exact) mass is 276 g/mol. The van der Waals surface area contributed by atoms with E-state index >= 15 is 0 Å². The molecule has 1 aromatic heterocycles. The van der Waals surface area contributed by atoms with Crippen molar-refractivity contribution < 1.29 is 8.78 Å². The third-order valence-electron chi connectivity index (χ3n) is 3.35. The lowest BCUT2D eigenvalue weighted by molar-refractivity contribution is 0.476. The minimum atomic E-state index is -0.805. The van der Waals surface area contributed by atoms with E-state index in [1.165, 1.54) is 0 Å². The van der Waals surface area contributed by atoms with Crippen molar-refractivity contribution in [2.24, 2.45) is 0 Å². The van der Waals surface area contributed by atoms with Crippen LogP contribution in [-0.4, -0.2) is 11.5 Å². The molecule has 2 nitrogen and oxygen atoms in total. The number of aryl methyl sites for hydroxylation is 2. The smallest absolute Gasteiger partial charge is 0.164 e. The van der Waals surface area contributed by atoms with E-state index in [1.807, 2.05) is 26.0 Å². The van der Waals surface area contributed by atoms with Gasteiger partial charge in [0.25, 0.3) is 0 Å². The molecule has 0 amide bonds. The molecule has 0 aliphatic rings. The van der Waals surface area contributed by atoms with E-state index in [-0.39, 0.29) is 5.56 Å². The van der Waals surface area contributed by atoms with E-state index < -0.39 is 17.7 Å². The van der Waals surface area contributed by atoms with E-state index in [4.69, 9.17) is 0 Å². The number of nitrogens with one attached hydrogen (secondary N) is 1. The Morgan fingerprint density at radius 1 is 1.10 bits per heavy atom. The summed E-state index contributed by atoms with van der Waals surface area (Å²) in [5, 5.41) is 3.17. The van der Waals surface area contributed by atoms with Crippen molar-refractivity contribution in [3.63, 3.8) is 0 Å². The molecule has 1 atom stereocenters. The third kappa shape index (κ3) is 2.70. The lowest BCUT2D eigenvalue weighted by Gasteiger charge is -2.20. The molecular weight excluding hydrogens is 258 g/mol. The van der Waals surface area contributed by atoms with Crippen LogP contribution in [0.5, 0.6) is 0 Å². The average molecular weight is 276 g/mol. The summed E-state index contributed by atoms with van der Waals surface area (Å²) in [4.78, 5) is 4.32. The summed E-state index contributed by atoms with van der Waals surface area (Å²) in [6, 6.07) is 6.51. The highest BCUT2D eigenvalue weighted by atomic mass is 19.2. The second-order valence-corrected chi connectivity index (χ2v) is 4.80. The Hall–Kier alpha value is -1.81. The molecule has 2 aromatic rings. The van der Waals surface area contributed by atoms with Gasteiger partial charge in [-0.25, -0.2) is 8.78 Å². The Morgan fingerprint density at radius 3 is 2.50 bits per heavy atom. The van der Waals surface area contributed by atoms with Crippen molar-refractivity contribution in [2.45, 2.75) is 26.8 Å². The predicted octanol–water partition coefficient (Wildman–Crippen LogP) is 3.68. The number of halogens is 2. The molecule has 4 heteroatoms. The molecule has 0 bridgehead atoms. The van der Waals surface area contributed by atoms with E-state index in [1.54, 1.807) is 25.3 Å². The molecule has 2 rings (SSSR count). The van der Waals surface area contributed by atoms with Crippen molar-refractivity contribution in [1.82, 2.24) is 10.3 Å². The molecule has 0 spiro atoms. The maximum absolute atomic E-state index is 14.2. The molecule has 1 heterocycles. The van der Waals surface area contributed by atoms with Crippen LogP contribution >= 0.6 is 0 Å². The van der Waals surface area contributed by atoms with Crippen LogP contribution in [0.4, 0.5) is 8.78 Å². The maximum Gasteiger partial charge on any atom is 0.164 e. The van der Waals surface area contributed by atoms with Crippen LogP contribution in [0.3, 0.4) is 0 Å². The van der Waals surface area contributed by atoms with E-state index in [0.717, 1.165) is 11.3 Å². The summed E-state index contributed by atoms with van der Waals surface area (Å²) >= 11 is 0. The molecule has 0 aliphatic carbocycles. The Labute approximate surface area is 117 Å². The molecule has 20 heavy (non-hydrogen) atoms. The van der Waals surface area contributed by atoms with Gasteiger partial charge in [-0.05, 0) is 37.6 Å². The van der Waals surface area contributed by atoms with Crippen molar-refractivity contribution in [1.29, 1.82) is 0 Å². The molecule has 0 fully saturated rings. The Bertz CT molecular complexity index is 611. The lowest BCUT2D eigenvalue weighted by atomic mass is 9.98. The standard InChI is InChI=1S/C16H18F2N2/c1-4-19-16(15-11(3)6-5-9-20-15)12-8-7-10(2)13(17)14(12)18/h5-9,16,19H,4H2,1-3H3. The topological polar surface area (TPSA) is 24.9 Å². The van der Waals surface area contributed by atoms with Gasteiger partial charge in [0.05, 0.1) is 11.7 Å². The number of rotatable bonds is 4. The van der Waals surface area contributed by atoms with E-state index in [9.17, 15) is 8.78 Å². The van der Waals surface area contributed by atoms with Crippen LogP contribution < -0.4 is 5.32 Å². The molecule has 0 aliphatic heterocycles. The first-order valence-corrected chi connectivity index (χ1v) is 6.65. The van der Waals surface area contributed by atoms with Crippen LogP contribution in [0.1, 0.15) is 35.3 Å². The Morgan fingerprint density at radius 2 is 1.85 bits per heavy atom. The first-order chi connectivity index (χ1) is 9.56. The van der Waals surface area contributed by atoms with Gasteiger partial charge in [0.15, 0.2) is 11.6 Å². The van der Waals surface area contributed by atoms with Crippen LogP contribution in [0.2, 0.25) is 0 Å². The second kappa shape index (κ2) is 6.09. The number of benzene rings is 1. The zero-order valence-corrected chi connectivity index (χ0v) is 11.9. The normalized spacial score (nSPS) is 12.4. The molecule has 1 unspecified atom stereocenters. The first kappa shape index (κ1) is 14.6. The molecule has 1 N–H and O–H groups in total. The fourth-order valence-corrected chi connectivity index (χ4v) is 2.24. The van der Waals surface area contributed by atoms with Crippen LogP contribution in [0.25, 0.3) is 0 Å². The summed E-state index contributed by atoms with van der Waals surface area (Å²) in [5.74, 6) is -1.60. The lowest BCUT2D eigenvalue weighted by Crippen LogP contribution is -2.25. The summed E-state index contributed by atoms with van der Waals surface area (Å²) in [6.07, 6.45) is 1.66. The van der Waals surface area contributed by atoms with Crippen molar-refractivity contribution in [2.75, 3.05) is 6.54 Å². The highest BCUT2D eigenvalue weighted by Gasteiger charge is 2.22. The van der Waals surface area contributed by atoms with Gasteiger partial charge >= 0.3 is 0 Å². The zero-order valence-electron chi connectivity index (χ0n) is 11.9. The van der Waals surface area contributed by atoms with Gasteiger partial charge < -0.3 is 5.32 Å². The number of hydrogen-bond donors (Lipinski definition) is 1. The Balaban J connectivity index is 2.55. The van der Waals surface area contributed by atoms with Crippen molar-refractivity contribution >= 4 is 0 Å². The van der Waals surface area contributed by atoms with Crippen LogP contribution in [-0.2, 0) is 0 Å². The van der Waals surface area contributed by atoms with Crippen molar-refractivity contribution in [3.8, 4) is 0 Å². The quantitative estimate of drug-likeness (QED) is 0.921. The fraction of sp³-hybridized carbons (Fsp3) is 0.312. The second-order valence-electron chi connectivity index (χ2n) is 4.80. The van der Waals surface area contributed by atoms with Crippen molar-refractivity contribution in [3.05, 3.63) is 64.5 Å². The maximum atomic E-state index is 14.2. The predicted molar refractivity (Wildman–Crippen MR) is 75.6 cm³/mol. The van der Waals surface area contributed by atoms with Gasteiger partial charge in [0.2, 0.25) is 0 Å². The average Bonchev–Trinajstić information content (AvgIpc) is 2.44. The molecule has 0 saturated heterocycles. The molecular formula is C16H18F2N2. The van der Waals surface area contributed by atoms with Gasteiger partial charge in [0, 0.05) is 11.8 Å². The summed E-state index contributed by atoms with van der Waals surface area (Å²) in [7, 11) is 0. The number of nitrogens with zero attached hydrogens (tertiary/aromatic N) is 1. The van der Waals surface area contributed by atoms with Gasteiger partial charge in [-0.1, -0.05) is 25.1 Å². The highest BCUT2D eigenvalue weighted by Crippen LogP contribution is 2.27. The van der Waals surface area contributed by atoms with Crippen LogP contribution in [0, 0.1) is 25.5 Å². The molecule has 1 aromatic carbocycles. The number of hydrogen-bond acceptors (Lipinski definition) is 2. The summed E-state index contributed by atoms with van der Waals surface area (Å²) in [6.45, 7) is 6.02. The minimum absolute atomic E-state index is 0.289. The minimum Gasteiger partial charge on any atom is -0.305 e. The molecule has 0 saturated carbocycles. The first-order valence-electron chi connectivity index (χ1n) is 6.65. The van der Waals surface area contributed by atoms with Gasteiger partial charge in [-0.3, -0.25) is 4.98 Å². The largest absolute Gasteiger partial charge is 0.305 e. The fourth-order valence-electron chi connectivity index (χ4n) is 2.24.